The second kappa shape index (κ2) is 9.75. The summed E-state index contributed by atoms with van der Waals surface area (Å²) < 4.78 is 0. The van der Waals surface area contributed by atoms with Crippen LogP contribution in [0, 0.1) is 0 Å². The van der Waals surface area contributed by atoms with Gasteiger partial charge in [-0.15, -0.1) is 0 Å². The van der Waals surface area contributed by atoms with Crippen molar-refractivity contribution in [3.8, 4) is 0 Å². The first-order chi connectivity index (χ1) is 12.4. The van der Waals surface area contributed by atoms with Crippen molar-refractivity contribution < 1.29 is 19.5 Å². The first-order valence-corrected chi connectivity index (χ1v) is 9.68. The molecule has 1 unspecified atom stereocenters. The van der Waals surface area contributed by atoms with E-state index in [4.69, 9.17) is 5.11 Å². The molecule has 2 fully saturated rings. The number of carboxylic acid groups (broad SMARTS) is 1. The topological polar surface area (TPSA) is 102 Å². The molecule has 0 bridgehead atoms. The van der Waals surface area contributed by atoms with E-state index in [1.165, 1.54) is 0 Å². The Labute approximate surface area is 155 Å². The summed E-state index contributed by atoms with van der Waals surface area (Å²) in [5, 5.41) is 14.7. The lowest BCUT2D eigenvalue weighted by Gasteiger charge is -2.44. The Morgan fingerprint density at radius 2 is 1.96 bits per heavy atom. The minimum atomic E-state index is -0.813. The normalized spacial score (nSPS) is 25.5. The average molecular weight is 368 g/mol. The molecule has 2 aliphatic rings. The fourth-order valence-corrected chi connectivity index (χ4v) is 3.92. The van der Waals surface area contributed by atoms with Gasteiger partial charge in [0.05, 0.1) is 6.54 Å². The molecule has 1 heterocycles. The van der Waals surface area contributed by atoms with E-state index >= 15 is 0 Å². The summed E-state index contributed by atoms with van der Waals surface area (Å²) >= 11 is 0. The Balaban J connectivity index is 1.79. The molecule has 8 nitrogen and oxygen atoms in total. The Morgan fingerprint density at radius 1 is 1.23 bits per heavy atom. The van der Waals surface area contributed by atoms with E-state index in [2.05, 4.69) is 10.6 Å². The summed E-state index contributed by atoms with van der Waals surface area (Å²) in [5.74, 6) is -0.803. The number of hydrogen-bond donors (Lipinski definition) is 3. The SMILES string of the molecule is CCN(CC(=O)O)C1CC(NC(=O)N2CCCCC2CCC(=O)NC)C1. The van der Waals surface area contributed by atoms with Crippen molar-refractivity contribution in [2.24, 2.45) is 0 Å². The van der Waals surface area contributed by atoms with E-state index < -0.39 is 5.97 Å². The summed E-state index contributed by atoms with van der Waals surface area (Å²) in [6, 6.07) is 0.413. The van der Waals surface area contributed by atoms with Crippen molar-refractivity contribution in [3.63, 3.8) is 0 Å². The van der Waals surface area contributed by atoms with Gasteiger partial charge in [-0.3, -0.25) is 14.5 Å². The molecule has 3 N–H and O–H groups in total. The Morgan fingerprint density at radius 3 is 2.58 bits per heavy atom. The highest BCUT2D eigenvalue weighted by atomic mass is 16.4. The van der Waals surface area contributed by atoms with Gasteiger partial charge in [-0.05, 0) is 45.1 Å². The van der Waals surface area contributed by atoms with Gasteiger partial charge in [0.25, 0.3) is 0 Å². The van der Waals surface area contributed by atoms with Gasteiger partial charge >= 0.3 is 12.0 Å². The maximum absolute atomic E-state index is 12.7. The van der Waals surface area contributed by atoms with Crippen LogP contribution in [0.4, 0.5) is 4.79 Å². The first-order valence-electron chi connectivity index (χ1n) is 9.68. The van der Waals surface area contributed by atoms with E-state index in [1.807, 2.05) is 16.7 Å². The molecule has 1 aliphatic carbocycles. The van der Waals surface area contributed by atoms with Crippen molar-refractivity contribution in [1.82, 2.24) is 20.4 Å². The minimum Gasteiger partial charge on any atom is -0.480 e. The molecule has 8 heteroatoms. The summed E-state index contributed by atoms with van der Waals surface area (Å²) in [6.45, 7) is 3.45. The van der Waals surface area contributed by atoms with Gasteiger partial charge < -0.3 is 20.6 Å². The van der Waals surface area contributed by atoms with Gasteiger partial charge in [0.15, 0.2) is 0 Å². The molecule has 148 valence electrons. The number of carbonyl (C=O) groups is 3. The summed E-state index contributed by atoms with van der Waals surface area (Å²) in [6.07, 6.45) is 5.76. The van der Waals surface area contributed by atoms with E-state index in [0.717, 1.165) is 38.6 Å². The van der Waals surface area contributed by atoms with Crippen molar-refractivity contribution in [1.29, 1.82) is 0 Å². The van der Waals surface area contributed by atoms with E-state index in [1.54, 1.807) is 7.05 Å². The Bertz CT molecular complexity index is 507. The third-order valence-electron chi connectivity index (χ3n) is 5.57. The second-order valence-corrected chi connectivity index (χ2v) is 7.28. The molecule has 0 aromatic rings. The monoisotopic (exact) mass is 368 g/mol. The van der Waals surface area contributed by atoms with Gasteiger partial charge in [0, 0.05) is 38.1 Å². The standard InChI is InChI=1S/C18H32N4O4/c1-3-21(12-17(24)25)15-10-13(11-15)20-18(26)22-9-5-4-6-14(22)7-8-16(23)19-2/h13-15H,3-12H2,1-2H3,(H,19,23)(H,20,26)(H,24,25). The molecule has 1 aliphatic heterocycles. The number of likely N-dealkylation sites (N-methyl/N-ethyl adjacent to an activating group) is 1. The molecule has 0 radical (unpaired) electrons. The molecule has 0 aromatic heterocycles. The first kappa shape index (κ1) is 20.5. The van der Waals surface area contributed by atoms with Crippen LogP contribution in [0.1, 0.15) is 51.9 Å². The van der Waals surface area contributed by atoms with Crippen molar-refractivity contribution in [2.45, 2.75) is 70.0 Å². The van der Waals surface area contributed by atoms with Gasteiger partial charge in [0.1, 0.15) is 0 Å². The van der Waals surface area contributed by atoms with E-state index in [-0.39, 0.29) is 36.6 Å². The zero-order valence-electron chi connectivity index (χ0n) is 15.9. The number of likely N-dealkylation sites (tertiary alicyclic amines) is 1. The number of nitrogens with zero attached hydrogens (tertiary/aromatic N) is 2. The van der Waals surface area contributed by atoms with Crippen LogP contribution < -0.4 is 10.6 Å². The maximum Gasteiger partial charge on any atom is 0.317 e. The molecular weight excluding hydrogens is 336 g/mol. The number of piperidine rings is 1. The summed E-state index contributed by atoms with van der Waals surface area (Å²) in [4.78, 5) is 38.9. The number of hydrogen-bond acceptors (Lipinski definition) is 4. The number of amides is 3. The predicted octanol–water partition coefficient (Wildman–Crippen LogP) is 1.01. The van der Waals surface area contributed by atoms with Crippen molar-refractivity contribution in [3.05, 3.63) is 0 Å². The van der Waals surface area contributed by atoms with Gasteiger partial charge in [-0.25, -0.2) is 4.79 Å². The number of rotatable bonds is 8. The highest BCUT2D eigenvalue weighted by Gasteiger charge is 2.36. The maximum atomic E-state index is 12.7. The average Bonchev–Trinajstić information content (AvgIpc) is 2.60. The lowest BCUT2D eigenvalue weighted by molar-refractivity contribution is -0.139. The lowest BCUT2D eigenvalue weighted by atomic mass is 9.85. The molecule has 26 heavy (non-hydrogen) atoms. The molecule has 3 amide bonds. The van der Waals surface area contributed by atoms with Crippen LogP contribution in [0.2, 0.25) is 0 Å². The third-order valence-corrected chi connectivity index (χ3v) is 5.57. The minimum absolute atomic E-state index is 0.0100. The van der Waals surface area contributed by atoms with Gasteiger partial charge in [-0.1, -0.05) is 6.92 Å². The molecule has 1 atom stereocenters. The van der Waals surface area contributed by atoms with Gasteiger partial charge in [-0.2, -0.15) is 0 Å². The Hall–Kier alpha value is -1.83. The van der Waals surface area contributed by atoms with Crippen LogP contribution in [0.15, 0.2) is 0 Å². The number of carboxylic acids is 1. The molecule has 2 rings (SSSR count). The van der Waals surface area contributed by atoms with Crippen LogP contribution in [0.3, 0.4) is 0 Å². The fourth-order valence-electron chi connectivity index (χ4n) is 3.92. The molecule has 0 aromatic carbocycles. The van der Waals surface area contributed by atoms with Gasteiger partial charge in [0.2, 0.25) is 5.91 Å². The van der Waals surface area contributed by atoms with Crippen LogP contribution in [-0.4, -0.2) is 77.6 Å². The number of carbonyl (C=O) groups excluding carboxylic acids is 2. The van der Waals surface area contributed by atoms with Crippen molar-refractivity contribution >= 4 is 17.9 Å². The highest BCUT2D eigenvalue weighted by molar-refractivity contribution is 5.76. The number of urea groups is 1. The summed E-state index contributed by atoms with van der Waals surface area (Å²) in [5.41, 5.74) is 0. The smallest absolute Gasteiger partial charge is 0.317 e. The number of aliphatic carboxylic acids is 1. The van der Waals surface area contributed by atoms with Crippen LogP contribution >= 0.6 is 0 Å². The molecule has 1 saturated carbocycles. The fraction of sp³-hybridized carbons (Fsp3) is 0.833. The third kappa shape index (κ3) is 5.59. The number of nitrogens with one attached hydrogen (secondary N) is 2. The Kier molecular flexibility index (Phi) is 7.68. The predicted molar refractivity (Wildman–Crippen MR) is 97.9 cm³/mol. The van der Waals surface area contributed by atoms with Crippen molar-refractivity contribution in [2.75, 3.05) is 26.7 Å². The van der Waals surface area contributed by atoms with E-state index in [9.17, 15) is 14.4 Å². The van der Waals surface area contributed by atoms with Crippen LogP contribution in [0.25, 0.3) is 0 Å². The molecular formula is C18H32N4O4. The quantitative estimate of drug-likeness (QED) is 0.594. The van der Waals surface area contributed by atoms with Crippen LogP contribution in [0.5, 0.6) is 0 Å². The molecule has 1 saturated heterocycles. The second-order valence-electron chi connectivity index (χ2n) is 7.28. The summed E-state index contributed by atoms with van der Waals surface area (Å²) in [7, 11) is 1.63. The van der Waals surface area contributed by atoms with E-state index in [0.29, 0.717) is 19.4 Å². The van der Waals surface area contributed by atoms with Crippen LogP contribution in [-0.2, 0) is 9.59 Å². The highest BCUT2D eigenvalue weighted by Crippen LogP contribution is 2.27. The zero-order valence-corrected chi connectivity index (χ0v) is 15.9. The largest absolute Gasteiger partial charge is 0.480 e. The zero-order chi connectivity index (χ0) is 19.1. The molecule has 0 spiro atoms. The lowest BCUT2D eigenvalue weighted by Crippen LogP contribution is -2.58.